The number of carboxylic acid groups (broad SMARTS) is 1. The van der Waals surface area contributed by atoms with Gasteiger partial charge in [0, 0.05) is 19.0 Å². The predicted molar refractivity (Wildman–Crippen MR) is 47.6 cm³/mol. The third-order valence-corrected chi connectivity index (χ3v) is 2.78. The number of hydrogen-bond acceptors (Lipinski definition) is 2. The number of amides is 1. The van der Waals surface area contributed by atoms with Crippen LogP contribution in [0.15, 0.2) is 0 Å². The van der Waals surface area contributed by atoms with Crippen molar-refractivity contribution >= 4 is 12.4 Å². The first-order chi connectivity index (χ1) is 6.15. The van der Waals surface area contributed by atoms with Gasteiger partial charge in [0.2, 0.25) is 0 Å². The van der Waals surface area contributed by atoms with Gasteiger partial charge >= 0.3 is 6.09 Å². The largest absolute Gasteiger partial charge is 0.465 e. The highest BCUT2D eigenvalue weighted by atomic mass is 16.4. The van der Waals surface area contributed by atoms with Gasteiger partial charge in [0.1, 0.15) is 6.29 Å². The standard InChI is InChI=1S/C9H15NO3/c1-10(9(12)13)8-4-2-7(6-11)3-5-8/h6-8H,2-5H2,1H3,(H,12,13). The summed E-state index contributed by atoms with van der Waals surface area (Å²) >= 11 is 0. The summed E-state index contributed by atoms with van der Waals surface area (Å²) in [5.74, 6) is 0.151. The Morgan fingerprint density at radius 2 is 1.92 bits per heavy atom. The molecule has 0 aromatic rings. The SMILES string of the molecule is CN(C(=O)O)C1CCC(C=O)CC1. The van der Waals surface area contributed by atoms with Crippen LogP contribution in [0.2, 0.25) is 0 Å². The van der Waals surface area contributed by atoms with E-state index in [0.717, 1.165) is 32.0 Å². The first-order valence-corrected chi connectivity index (χ1v) is 4.56. The minimum absolute atomic E-state index is 0.105. The molecule has 1 N–H and O–H groups in total. The quantitative estimate of drug-likeness (QED) is 0.661. The molecule has 74 valence electrons. The van der Waals surface area contributed by atoms with E-state index in [-0.39, 0.29) is 12.0 Å². The molecule has 1 fully saturated rings. The molecule has 1 aliphatic carbocycles. The van der Waals surface area contributed by atoms with Crippen LogP contribution in [0.25, 0.3) is 0 Å². The minimum Gasteiger partial charge on any atom is -0.465 e. The van der Waals surface area contributed by atoms with Crippen LogP contribution in [0.4, 0.5) is 4.79 Å². The van der Waals surface area contributed by atoms with E-state index < -0.39 is 6.09 Å². The summed E-state index contributed by atoms with van der Waals surface area (Å²) in [6.45, 7) is 0. The van der Waals surface area contributed by atoms with Crippen molar-refractivity contribution in [3.8, 4) is 0 Å². The molecule has 0 spiro atoms. The summed E-state index contributed by atoms with van der Waals surface area (Å²) < 4.78 is 0. The second-order valence-electron chi connectivity index (χ2n) is 3.60. The maximum atomic E-state index is 10.6. The molecule has 13 heavy (non-hydrogen) atoms. The maximum Gasteiger partial charge on any atom is 0.407 e. The molecular weight excluding hydrogens is 170 g/mol. The van der Waals surface area contributed by atoms with Crippen molar-refractivity contribution in [1.82, 2.24) is 4.90 Å². The van der Waals surface area contributed by atoms with Crippen molar-refractivity contribution in [3.05, 3.63) is 0 Å². The molecule has 1 rings (SSSR count). The third kappa shape index (κ3) is 2.44. The van der Waals surface area contributed by atoms with Gasteiger partial charge in [0.05, 0.1) is 0 Å². The smallest absolute Gasteiger partial charge is 0.407 e. The molecule has 0 aromatic heterocycles. The second-order valence-corrected chi connectivity index (χ2v) is 3.60. The van der Waals surface area contributed by atoms with E-state index in [1.807, 2.05) is 0 Å². The van der Waals surface area contributed by atoms with Gasteiger partial charge < -0.3 is 14.8 Å². The molecule has 0 saturated heterocycles. The molecule has 0 heterocycles. The molecule has 1 aliphatic rings. The van der Waals surface area contributed by atoms with Crippen molar-refractivity contribution in [2.45, 2.75) is 31.7 Å². The zero-order valence-corrected chi connectivity index (χ0v) is 7.77. The summed E-state index contributed by atoms with van der Waals surface area (Å²) in [6, 6.07) is 0.105. The van der Waals surface area contributed by atoms with Crippen molar-refractivity contribution < 1.29 is 14.7 Å². The molecule has 0 unspecified atom stereocenters. The zero-order valence-electron chi connectivity index (χ0n) is 7.77. The monoisotopic (exact) mass is 185 g/mol. The highest BCUT2D eigenvalue weighted by Gasteiger charge is 2.25. The van der Waals surface area contributed by atoms with Gasteiger partial charge in [0.25, 0.3) is 0 Å². The molecule has 0 bridgehead atoms. The second kappa shape index (κ2) is 4.25. The lowest BCUT2D eigenvalue weighted by atomic mass is 9.86. The molecule has 0 atom stereocenters. The van der Waals surface area contributed by atoms with Gasteiger partial charge in [-0.05, 0) is 25.7 Å². The van der Waals surface area contributed by atoms with Gasteiger partial charge in [-0.15, -0.1) is 0 Å². The minimum atomic E-state index is -0.880. The van der Waals surface area contributed by atoms with Crippen LogP contribution in [0.3, 0.4) is 0 Å². The van der Waals surface area contributed by atoms with Gasteiger partial charge in [-0.2, -0.15) is 0 Å². The Bertz CT molecular complexity index is 197. The first-order valence-electron chi connectivity index (χ1n) is 4.56. The van der Waals surface area contributed by atoms with Gasteiger partial charge in [-0.3, -0.25) is 0 Å². The van der Waals surface area contributed by atoms with Crippen molar-refractivity contribution in [2.24, 2.45) is 5.92 Å². The van der Waals surface area contributed by atoms with E-state index in [4.69, 9.17) is 5.11 Å². The van der Waals surface area contributed by atoms with Crippen LogP contribution >= 0.6 is 0 Å². The van der Waals surface area contributed by atoms with Crippen LogP contribution in [0, 0.1) is 5.92 Å². The summed E-state index contributed by atoms with van der Waals surface area (Å²) in [5, 5.41) is 8.71. The maximum absolute atomic E-state index is 10.6. The van der Waals surface area contributed by atoms with E-state index in [1.165, 1.54) is 4.90 Å². The lowest BCUT2D eigenvalue weighted by Gasteiger charge is -2.31. The van der Waals surface area contributed by atoms with E-state index in [2.05, 4.69) is 0 Å². The van der Waals surface area contributed by atoms with Crippen molar-refractivity contribution in [3.63, 3.8) is 0 Å². The number of nitrogens with zero attached hydrogens (tertiary/aromatic N) is 1. The van der Waals surface area contributed by atoms with E-state index in [9.17, 15) is 9.59 Å². The van der Waals surface area contributed by atoms with Crippen molar-refractivity contribution in [2.75, 3.05) is 7.05 Å². The Balaban J connectivity index is 2.40. The molecule has 1 saturated carbocycles. The molecule has 4 nitrogen and oxygen atoms in total. The normalized spacial score (nSPS) is 28.1. The van der Waals surface area contributed by atoms with Crippen LogP contribution < -0.4 is 0 Å². The highest BCUT2D eigenvalue weighted by Crippen LogP contribution is 2.25. The fourth-order valence-electron chi connectivity index (χ4n) is 1.78. The third-order valence-electron chi connectivity index (χ3n) is 2.78. The van der Waals surface area contributed by atoms with Crippen LogP contribution in [0.5, 0.6) is 0 Å². The first kappa shape index (κ1) is 10.0. The predicted octanol–water partition coefficient (Wildman–Crippen LogP) is 1.35. The van der Waals surface area contributed by atoms with Crippen LogP contribution in [-0.2, 0) is 4.79 Å². The fraction of sp³-hybridized carbons (Fsp3) is 0.778. The van der Waals surface area contributed by atoms with Gasteiger partial charge in [-0.1, -0.05) is 0 Å². The lowest BCUT2D eigenvalue weighted by Crippen LogP contribution is -2.38. The fourth-order valence-corrected chi connectivity index (χ4v) is 1.78. The van der Waals surface area contributed by atoms with Crippen LogP contribution in [-0.4, -0.2) is 35.5 Å². The van der Waals surface area contributed by atoms with Gasteiger partial charge in [0.15, 0.2) is 0 Å². The Labute approximate surface area is 77.5 Å². The summed E-state index contributed by atoms with van der Waals surface area (Å²) in [6.07, 6.45) is 3.38. The lowest BCUT2D eigenvalue weighted by molar-refractivity contribution is -0.112. The zero-order chi connectivity index (χ0) is 9.84. The van der Waals surface area contributed by atoms with Crippen molar-refractivity contribution in [1.29, 1.82) is 0 Å². The summed E-state index contributed by atoms with van der Waals surface area (Å²) in [7, 11) is 1.59. The Hall–Kier alpha value is -1.06. The average molecular weight is 185 g/mol. The number of rotatable bonds is 2. The summed E-state index contributed by atoms with van der Waals surface area (Å²) in [4.78, 5) is 22.4. The number of aldehydes is 1. The van der Waals surface area contributed by atoms with E-state index >= 15 is 0 Å². The molecule has 0 radical (unpaired) electrons. The molecular formula is C9H15NO3. The molecule has 0 aromatic carbocycles. The molecule has 0 aliphatic heterocycles. The summed E-state index contributed by atoms with van der Waals surface area (Å²) in [5.41, 5.74) is 0. The Morgan fingerprint density at radius 1 is 1.38 bits per heavy atom. The number of carbonyl (C=O) groups is 2. The number of carbonyl (C=O) groups excluding carboxylic acids is 1. The average Bonchev–Trinajstić information content (AvgIpc) is 2.17. The topological polar surface area (TPSA) is 57.6 Å². The highest BCUT2D eigenvalue weighted by molar-refractivity contribution is 5.65. The number of hydrogen-bond donors (Lipinski definition) is 1. The van der Waals surface area contributed by atoms with Gasteiger partial charge in [-0.25, -0.2) is 4.79 Å². The van der Waals surface area contributed by atoms with Crippen LogP contribution in [0.1, 0.15) is 25.7 Å². The van der Waals surface area contributed by atoms with E-state index in [1.54, 1.807) is 7.05 Å². The Kier molecular flexibility index (Phi) is 3.28. The molecule has 1 amide bonds. The van der Waals surface area contributed by atoms with E-state index in [0.29, 0.717) is 0 Å². The Morgan fingerprint density at radius 3 is 2.31 bits per heavy atom. The molecule has 4 heteroatoms.